The van der Waals surface area contributed by atoms with E-state index in [-0.39, 0.29) is 11.7 Å². The van der Waals surface area contributed by atoms with Gasteiger partial charge in [-0.15, -0.1) is 0 Å². The second-order valence-corrected chi connectivity index (χ2v) is 5.17. The zero-order valence-corrected chi connectivity index (χ0v) is 11.5. The van der Waals surface area contributed by atoms with Gasteiger partial charge in [0.1, 0.15) is 5.60 Å². The van der Waals surface area contributed by atoms with Crippen molar-refractivity contribution in [1.29, 1.82) is 0 Å². The molecule has 0 bridgehead atoms. The van der Waals surface area contributed by atoms with E-state index in [1.54, 1.807) is 7.11 Å². The first-order valence-electron chi connectivity index (χ1n) is 5.86. The lowest BCUT2D eigenvalue weighted by Gasteiger charge is -2.24. The van der Waals surface area contributed by atoms with Crippen molar-refractivity contribution in [3.8, 4) is 17.2 Å². The molecule has 3 nitrogen and oxygen atoms in total. The zero-order chi connectivity index (χ0) is 13.1. The Balaban J connectivity index is 3.10. The van der Waals surface area contributed by atoms with Crippen LogP contribution in [0.1, 0.15) is 34.6 Å². The molecule has 0 radical (unpaired) electrons. The predicted octanol–water partition coefficient (Wildman–Crippen LogP) is 3.66. The molecular formula is C14H22O3. The van der Waals surface area contributed by atoms with Crippen LogP contribution in [-0.4, -0.2) is 18.8 Å². The maximum absolute atomic E-state index is 5.87. The molecule has 0 saturated carbocycles. The summed E-state index contributed by atoms with van der Waals surface area (Å²) in [6.07, 6.45) is 0.0774. The van der Waals surface area contributed by atoms with E-state index in [1.165, 1.54) is 0 Å². The quantitative estimate of drug-likeness (QED) is 0.801. The smallest absolute Gasteiger partial charge is 0.203 e. The average Bonchev–Trinajstić information content (AvgIpc) is 2.17. The summed E-state index contributed by atoms with van der Waals surface area (Å²) in [5, 5.41) is 0. The van der Waals surface area contributed by atoms with Gasteiger partial charge in [-0.05, 0) is 46.8 Å². The van der Waals surface area contributed by atoms with Gasteiger partial charge in [0.25, 0.3) is 0 Å². The molecule has 0 heterocycles. The van der Waals surface area contributed by atoms with Crippen molar-refractivity contribution in [2.75, 3.05) is 7.11 Å². The lowest BCUT2D eigenvalue weighted by atomic mass is 10.2. The third-order valence-corrected chi connectivity index (χ3v) is 1.93. The van der Waals surface area contributed by atoms with E-state index in [4.69, 9.17) is 14.2 Å². The lowest BCUT2D eigenvalue weighted by Crippen LogP contribution is -2.23. The molecule has 0 fully saturated rings. The molecule has 0 unspecified atom stereocenters. The highest BCUT2D eigenvalue weighted by Gasteiger charge is 2.19. The number of hydrogen-bond donors (Lipinski definition) is 0. The van der Waals surface area contributed by atoms with Crippen molar-refractivity contribution < 1.29 is 14.2 Å². The highest BCUT2D eigenvalue weighted by atomic mass is 16.6. The Kier molecular flexibility index (Phi) is 4.27. The zero-order valence-electron chi connectivity index (χ0n) is 11.5. The summed E-state index contributed by atoms with van der Waals surface area (Å²) in [7, 11) is 1.63. The van der Waals surface area contributed by atoms with Crippen molar-refractivity contribution in [1.82, 2.24) is 0 Å². The Morgan fingerprint density at radius 1 is 1.06 bits per heavy atom. The minimum absolute atomic E-state index is 0.0774. The second-order valence-electron chi connectivity index (χ2n) is 5.17. The number of methoxy groups -OCH3 is 1. The second kappa shape index (κ2) is 5.30. The monoisotopic (exact) mass is 238 g/mol. The number of benzene rings is 1. The Hall–Kier alpha value is -1.38. The van der Waals surface area contributed by atoms with Crippen LogP contribution in [0.2, 0.25) is 0 Å². The van der Waals surface area contributed by atoms with Crippen LogP contribution in [0.5, 0.6) is 17.2 Å². The first kappa shape index (κ1) is 13.7. The highest BCUT2D eigenvalue weighted by Crippen LogP contribution is 2.39. The van der Waals surface area contributed by atoms with E-state index >= 15 is 0 Å². The van der Waals surface area contributed by atoms with Gasteiger partial charge in [0.2, 0.25) is 5.75 Å². The SMILES string of the molecule is COc1cccc(OC(C)(C)C)c1OC(C)C. The third-order valence-electron chi connectivity index (χ3n) is 1.93. The molecule has 96 valence electrons. The minimum atomic E-state index is -0.262. The van der Waals surface area contributed by atoms with Crippen LogP contribution >= 0.6 is 0 Å². The normalized spacial score (nSPS) is 11.5. The molecule has 0 aliphatic rings. The van der Waals surface area contributed by atoms with Crippen LogP contribution < -0.4 is 14.2 Å². The molecule has 0 atom stereocenters. The fourth-order valence-electron chi connectivity index (χ4n) is 1.42. The summed E-state index contributed by atoms with van der Waals surface area (Å²) in [4.78, 5) is 0. The van der Waals surface area contributed by atoms with Crippen molar-refractivity contribution >= 4 is 0 Å². The van der Waals surface area contributed by atoms with Crippen molar-refractivity contribution in [2.24, 2.45) is 0 Å². The van der Waals surface area contributed by atoms with Gasteiger partial charge in [-0.25, -0.2) is 0 Å². The summed E-state index contributed by atoms with van der Waals surface area (Å²) in [6.45, 7) is 9.98. The molecule has 0 aliphatic carbocycles. The standard InChI is InChI=1S/C14H22O3/c1-10(2)16-13-11(15-6)8-7-9-12(13)17-14(3,4)5/h7-10H,1-6H3. The van der Waals surface area contributed by atoms with E-state index < -0.39 is 0 Å². The average molecular weight is 238 g/mol. The van der Waals surface area contributed by atoms with Gasteiger partial charge in [0, 0.05) is 0 Å². The van der Waals surface area contributed by atoms with Gasteiger partial charge in [-0.3, -0.25) is 0 Å². The summed E-state index contributed by atoms with van der Waals surface area (Å²) >= 11 is 0. The molecule has 0 aliphatic heterocycles. The Morgan fingerprint density at radius 3 is 2.12 bits per heavy atom. The van der Waals surface area contributed by atoms with Crippen LogP contribution in [0.3, 0.4) is 0 Å². The summed E-state index contributed by atoms with van der Waals surface area (Å²) in [6, 6.07) is 5.66. The van der Waals surface area contributed by atoms with Gasteiger partial charge in [-0.2, -0.15) is 0 Å². The minimum Gasteiger partial charge on any atom is -0.493 e. The van der Waals surface area contributed by atoms with E-state index in [2.05, 4.69) is 0 Å². The van der Waals surface area contributed by atoms with Crippen molar-refractivity contribution in [2.45, 2.75) is 46.3 Å². The topological polar surface area (TPSA) is 27.7 Å². The Bertz CT molecular complexity index is 364. The number of ether oxygens (including phenoxy) is 3. The largest absolute Gasteiger partial charge is 0.493 e. The summed E-state index contributed by atoms with van der Waals surface area (Å²) < 4.78 is 16.9. The molecule has 1 aromatic carbocycles. The van der Waals surface area contributed by atoms with Crippen molar-refractivity contribution in [3.63, 3.8) is 0 Å². The van der Waals surface area contributed by atoms with E-state index in [1.807, 2.05) is 52.8 Å². The highest BCUT2D eigenvalue weighted by molar-refractivity contribution is 5.51. The molecule has 0 N–H and O–H groups in total. The lowest BCUT2D eigenvalue weighted by molar-refractivity contribution is 0.118. The molecule has 0 spiro atoms. The fourth-order valence-corrected chi connectivity index (χ4v) is 1.42. The molecule has 1 rings (SSSR count). The van der Waals surface area contributed by atoms with Gasteiger partial charge in [0.05, 0.1) is 13.2 Å². The first-order valence-corrected chi connectivity index (χ1v) is 5.86. The molecular weight excluding hydrogens is 216 g/mol. The number of rotatable bonds is 4. The van der Waals surface area contributed by atoms with Gasteiger partial charge < -0.3 is 14.2 Å². The molecule has 1 aromatic rings. The van der Waals surface area contributed by atoms with Crippen LogP contribution in [0.15, 0.2) is 18.2 Å². The van der Waals surface area contributed by atoms with E-state index in [0.717, 1.165) is 0 Å². The van der Waals surface area contributed by atoms with E-state index in [9.17, 15) is 0 Å². The maximum Gasteiger partial charge on any atom is 0.203 e. The molecule has 17 heavy (non-hydrogen) atoms. The van der Waals surface area contributed by atoms with Crippen LogP contribution in [0.25, 0.3) is 0 Å². The number of para-hydroxylation sites is 1. The summed E-state index contributed by atoms with van der Waals surface area (Å²) in [5.41, 5.74) is -0.262. The van der Waals surface area contributed by atoms with Crippen LogP contribution in [-0.2, 0) is 0 Å². The van der Waals surface area contributed by atoms with Crippen LogP contribution in [0, 0.1) is 0 Å². The predicted molar refractivity (Wildman–Crippen MR) is 69.1 cm³/mol. The maximum atomic E-state index is 5.87. The third kappa shape index (κ3) is 4.17. The number of hydrogen-bond acceptors (Lipinski definition) is 3. The van der Waals surface area contributed by atoms with E-state index in [0.29, 0.717) is 17.2 Å². The first-order chi connectivity index (χ1) is 7.83. The van der Waals surface area contributed by atoms with Crippen molar-refractivity contribution in [3.05, 3.63) is 18.2 Å². The van der Waals surface area contributed by atoms with Gasteiger partial charge in [0.15, 0.2) is 11.5 Å². The Labute approximate surface area is 104 Å². The molecule has 0 amide bonds. The molecule has 0 saturated heterocycles. The molecule has 0 aromatic heterocycles. The van der Waals surface area contributed by atoms with Gasteiger partial charge >= 0.3 is 0 Å². The fraction of sp³-hybridized carbons (Fsp3) is 0.571. The van der Waals surface area contributed by atoms with Crippen LogP contribution in [0.4, 0.5) is 0 Å². The molecule has 3 heteroatoms. The Morgan fingerprint density at radius 2 is 1.65 bits per heavy atom. The summed E-state index contributed by atoms with van der Waals surface area (Å²) in [5.74, 6) is 2.07. The van der Waals surface area contributed by atoms with Gasteiger partial charge in [-0.1, -0.05) is 6.07 Å².